The van der Waals surface area contributed by atoms with Crippen molar-refractivity contribution in [2.75, 3.05) is 39.3 Å². The highest BCUT2D eigenvalue weighted by atomic mass is 35.5. The molecule has 0 saturated carbocycles. The molecule has 4 aliphatic heterocycles. The Morgan fingerprint density at radius 1 is 0.755 bits per heavy atom. The van der Waals surface area contributed by atoms with Crippen LogP contribution in [-0.2, 0) is 17.6 Å². The molecule has 6 rings (SSSR count). The average molecular weight is 722 g/mol. The lowest BCUT2D eigenvalue weighted by Gasteiger charge is -2.39. The van der Waals surface area contributed by atoms with Crippen molar-refractivity contribution >= 4 is 29.3 Å². The number of β-amino-alcohol motifs (C(OH)–C–C–N with tert-alkyl or cyclic N) is 2. The number of hydrogen-bond donors (Lipinski definition) is 3. The first-order chi connectivity index (χ1) is 22.4. The van der Waals surface area contributed by atoms with Gasteiger partial charge < -0.3 is 25.2 Å². The largest absolute Gasteiger partial charge is 0.444 e. The van der Waals surface area contributed by atoms with Crippen LogP contribution in [0.5, 0.6) is 0 Å². The lowest BCUT2D eigenvalue weighted by molar-refractivity contribution is 0.0128. The van der Waals surface area contributed by atoms with Crippen LogP contribution in [0.4, 0.5) is 4.79 Å². The summed E-state index contributed by atoms with van der Waals surface area (Å²) in [4.78, 5) is 19.1. The summed E-state index contributed by atoms with van der Waals surface area (Å²) in [5, 5.41) is 25.2. The normalized spacial score (nSPS) is 25.6. The van der Waals surface area contributed by atoms with Crippen molar-refractivity contribution in [3.05, 3.63) is 69.7 Å². The third-order valence-corrected chi connectivity index (χ3v) is 10.5. The van der Waals surface area contributed by atoms with Crippen molar-refractivity contribution in [2.24, 2.45) is 0 Å². The maximum absolute atomic E-state index is 12.3. The zero-order chi connectivity index (χ0) is 33.6. The predicted octanol–water partition coefficient (Wildman–Crippen LogP) is 7.06. The number of rotatable bonds is 6. The van der Waals surface area contributed by atoms with E-state index >= 15 is 0 Å². The van der Waals surface area contributed by atoms with Crippen molar-refractivity contribution in [1.82, 2.24) is 20.0 Å². The van der Waals surface area contributed by atoms with Gasteiger partial charge in [0, 0.05) is 60.4 Å². The molecule has 3 N–H and O–H groups in total. The summed E-state index contributed by atoms with van der Waals surface area (Å²) in [6.07, 6.45) is 7.20. The van der Waals surface area contributed by atoms with E-state index in [9.17, 15) is 15.0 Å². The van der Waals surface area contributed by atoms with Crippen LogP contribution in [0.25, 0.3) is 0 Å². The first-order valence-electron chi connectivity index (χ1n) is 17.5. The van der Waals surface area contributed by atoms with Gasteiger partial charge in [0.15, 0.2) is 0 Å². The third-order valence-electron chi connectivity index (χ3n) is 10.0. The number of hydrogen-bond acceptors (Lipinski definition) is 7. The van der Waals surface area contributed by atoms with Crippen molar-refractivity contribution in [1.29, 1.82) is 0 Å². The van der Waals surface area contributed by atoms with Gasteiger partial charge in [-0.15, -0.1) is 0 Å². The molecule has 4 fully saturated rings. The summed E-state index contributed by atoms with van der Waals surface area (Å²) in [7, 11) is 0. The first kappa shape index (κ1) is 41.5. The Kier molecular flexibility index (Phi) is 16.2. The quantitative estimate of drug-likeness (QED) is 0.295. The summed E-state index contributed by atoms with van der Waals surface area (Å²) < 4.78 is 5.49. The minimum atomic E-state index is -0.462. The molecule has 8 nitrogen and oxygen atoms in total. The van der Waals surface area contributed by atoms with E-state index in [-0.39, 0.29) is 33.2 Å². The summed E-state index contributed by atoms with van der Waals surface area (Å²) in [5.74, 6) is 0. The molecule has 4 aliphatic rings. The fraction of sp³-hybridized carbons (Fsp3) is 0.667. The van der Waals surface area contributed by atoms with Gasteiger partial charge in [0.1, 0.15) is 5.60 Å². The number of likely N-dealkylation sites (tertiary alicyclic amines) is 3. The second-order valence-corrected chi connectivity index (χ2v) is 15.7. The van der Waals surface area contributed by atoms with E-state index in [0.717, 1.165) is 74.7 Å². The van der Waals surface area contributed by atoms with Gasteiger partial charge in [-0.05, 0) is 121 Å². The molecule has 0 aromatic heterocycles. The number of ether oxygens (including phenoxy) is 1. The van der Waals surface area contributed by atoms with Gasteiger partial charge in [0.2, 0.25) is 0 Å². The van der Waals surface area contributed by atoms with Gasteiger partial charge in [-0.2, -0.15) is 0 Å². The Morgan fingerprint density at radius 2 is 1.16 bits per heavy atom. The number of amides is 1. The topological polar surface area (TPSA) is 88.5 Å². The maximum atomic E-state index is 12.3. The van der Waals surface area contributed by atoms with Crippen LogP contribution < -0.4 is 5.32 Å². The second-order valence-electron chi connectivity index (χ2n) is 14.8. The number of nitrogens with one attached hydrogen (secondary N) is 1. The van der Waals surface area contributed by atoms with Gasteiger partial charge in [-0.25, -0.2) is 4.79 Å². The van der Waals surface area contributed by atoms with Crippen LogP contribution in [-0.4, -0.2) is 112 Å². The molecule has 2 aromatic carbocycles. The Hall–Kier alpha value is -1.91. The van der Waals surface area contributed by atoms with E-state index in [1.54, 1.807) is 0 Å². The molecule has 0 bridgehead atoms. The monoisotopic (exact) mass is 720 g/mol. The van der Waals surface area contributed by atoms with E-state index in [4.69, 9.17) is 27.9 Å². The van der Waals surface area contributed by atoms with Gasteiger partial charge >= 0.3 is 6.09 Å². The van der Waals surface area contributed by atoms with E-state index in [1.165, 1.54) is 24.0 Å². The molecule has 0 radical (unpaired) electrons. The van der Waals surface area contributed by atoms with Crippen LogP contribution in [0.3, 0.4) is 0 Å². The summed E-state index contributed by atoms with van der Waals surface area (Å²) in [5.41, 5.74) is 2.10. The highest BCUT2D eigenvalue weighted by Crippen LogP contribution is 2.30. The number of benzene rings is 2. The summed E-state index contributed by atoms with van der Waals surface area (Å²) in [6.45, 7) is 10.9. The van der Waals surface area contributed by atoms with Gasteiger partial charge in [-0.1, -0.05) is 62.3 Å². The number of aliphatic hydroxyl groups is 2. The molecule has 2 aromatic rings. The van der Waals surface area contributed by atoms with E-state index < -0.39 is 5.60 Å². The number of aliphatic hydroxyl groups excluding tert-OH is 2. The second kappa shape index (κ2) is 19.1. The highest BCUT2D eigenvalue weighted by molar-refractivity contribution is 6.30. The fourth-order valence-corrected chi connectivity index (χ4v) is 8.01. The Labute approximate surface area is 306 Å². The maximum Gasteiger partial charge on any atom is 0.410 e. The zero-order valence-electron chi connectivity index (χ0n) is 28.3. The van der Waals surface area contributed by atoms with E-state index in [0.29, 0.717) is 37.3 Å². The number of nitrogens with zero attached hydrogens (tertiary/aromatic N) is 3. The van der Waals surface area contributed by atoms with E-state index in [2.05, 4.69) is 39.4 Å². The number of halogens is 2. The molecule has 0 aliphatic carbocycles. The average Bonchev–Trinajstić information content (AvgIpc) is 3.60. The molecule has 49 heavy (non-hydrogen) atoms. The molecule has 10 heteroatoms. The number of carbonyl (C=O) groups excluding carboxylic acids is 1. The summed E-state index contributed by atoms with van der Waals surface area (Å²) in [6, 6.07) is 17.9. The minimum Gasteiger partial charge on any atom is -0.444 e. The molecular formula is C39H62Cl2N4O4. The SMILES string of the molecule is C.C.CC(C)(C)OC(=O)N1CCC(N2C[C@@H](O)C[C@@H]2Cc2ccc(Cl)cc2)CC1.O[C@H]1C[C@H](Cc2ccc(Cl)cc2)N(C2CCNCC2)C1. The summed E-state index contributed by atoms with van der Waals surface area (Å²) >= 11 is 11.9. The predicted molar refractivity (Wildman–Crippen MR) is 203 cm³/mol. The van der Waals surface area contributed by atoms with Crippen molar-refractivity contribution in [3.8, 4) is 0 Å². The molecule has 4 heterocycles. The van der Waals surface area contributed by atoms with Crippen LogP contribution in [0.1, 0.15) is 85.3 Å². The molecular weight excluding hydrogens is 659 g/mol. The van der Waals surface area contributed by atoms with Gasteiger partial charge in [0.05, 0.1) is 12.2 Å². The van der Waals surface area contributed by atoms with E-state index in [1.807, 2.05) is 49.9 Å². The Bertz CT molecular complexity index is 1260. The molecule has 276 valence electrons. The molecule has 4 atom stereocenters. The van der Waals surface area contributed by atoms with Crippen molar-refractivity contribution in [3.63, 3.8) is 0 Å². The van der Waals surface area contributed by atoms with Crippen molar-refractivity contribution < 1.29 is 19.7 Å². The number of piperidine rings is 2. The fourth-order valence-electron chi connectivity index (χ4n) is 7.76. The molecule has 1 amide bonds. The zero-order valence-corrected chi connectivity index (χ0v) is 29.8. The van der Waals surface area contributed by atoms with Gasteiger partial charge in [0.25, 0.3) is 0 Å². The standard InChI is InChI=1S/C21H31ClN2O3.C16H23ClN2O.2CH4/c1-21(2,3)27-20(26)23-10-8-17(9-11-23)24-14-19(25)13-18(24)12-15-4-6-16(22)7-5-15;17-13-3-1-12(2-4-13)9-15-10-16(20)11-19(15)14-5-7-18-8-6-14;;/h4-7,17-19,25H,8-14H2,1-3H3;1-4,14-16,18,20H,5-11H2;2*1H4/t18-,19-;15-,16-;;/m00../s1. The lowest BCUT2D eigenvalue weighted by atomic mass is 9.99. The lowest BCUT2D eigenvalue weighted by Crippen LogP contribution is -2.49. The van der Waals surface area contributed by atoms with Crippen LogP contribution >= 0.6 is 23.2 Å². The minimum absolute atomic E-state index is 0. The highest BCUT2D eigenvalue weighted by Gasteiger charge is 2.38. The van der Waals surface area contributed by atoms with Crippen LogP contribution in [0.15, 0.2) is 48.5 Å². The molecule has 0 spiro atoms. The number of carbonyl (C=O) groups is 1. The van der Waals surface area contributed by atoms with Crippen LogP contribution in [0.2, 0.25) is 10.0 Å². The van der Waals surface area contributed by atoms with Crippen LogP contribution in [0, 0.1) is 0 Å². The third kappa shape index (κ3) is 12.4. The first-order valence-corrected chi connectivity index (χ1v) is 18.2. The Morgan fingerprint density at radius 3 is 1.57 bits per heavy atom. The Balaban J connectivity index is 0.000000265. The molecule has 0 unspecified atom stereocenters. The van der Waals surface area contributed by atoms with Gasteiger partial charge in [-0.3, -0.25) is 9.80 Å². The molecule has 4 saturated heterocycles. The smallest absolute Gasteiger partial charge is 0.410 e. The van der Waals surface area contributed by atoms with Crippen molar-refractivity contribution in [2.45, 2.75) is 129 Å².